The molecular formula is C26H49ClO4. The van der Waals surface area contributed by atoms with E-state index in [1.54, 1.807) is 0 Å². The molecule has 0 bridgehead atoms. The van der Waals surface area contributed by atoms with Crippen molar-refractivity contribution in [3.05, 3.63) is 0 Å². The van der Waals surface area contributed by atoms with Crippen molar-refractivity contribution in [1.29, 1.82) is 0 Å². The van der Waals surface area contributed by atoms with Crippen LogP contribution in [0.15, 0.2) is 0 Å². The van der Waals surface area contributed by atoms with E-state index >= 15 is 0 Å². The largest absolute Gasteiger partial charge is 0.466 e. The molecule has 0 aliphatic heterocycles. The van der Waals surface area contributed by atoms with Gasteiger partial charge in [-0.15, -0.1) is 11.6 Å². The third-order valence-corrected chi connectivity index (χ3v) is 5.83. The van der Waals surface area contributed by atoms with Crippen molar-refractivity contribution >= 4 is 23.5 Å². The lowest BCUT2D eigenvalue weighted by molar-refractivity contribution is -0.145. The minimum Gasteiger partial charge on any atom is -0.466 e. The van der Waals surface area contributed by atoms with Crippen molar-refractivity contribution in [1.82, 2.24) is 0 Å². The van der Waals surface area contributed by atoms with Crippen LogP contribution in [0.1, 0.15) is 135 Å². The summed E-state index contributed by atoms with van der Waals surface area (Å²) in [6.07, 6.45) is 21.8. The maximum atomic E-state index is 11.7. The maximum Gasteiger partial charge on any atom is 0.305 e. The molecule has 184 valence electrons. The van der Waals surface area contributed by atoms with E-state index in [2.05, 4.69) is 6.92 Å². The number of alkyl halides is 1. The molecule has 31 heavy (non-hydrogen) atoms. The number of rotatable bonds is 24. The van der Waals surface area contributed by atoms with Crippen molar-refractivity contribution in [3.8, 4) is 0 Å². The second kappa shape index (κ2) is 25.5. The number of hydrogen-bond donors (Lipinski definition) is 0. The lowest BCUT2D eigenvalue weighted by Crippen LogP contribution is -2.09. The van der Waals surface area contributed by atoms with Crippen molar-refractivity contribution in [2.24, 2.45) is 0 Å². The fraction of sp³-hybridized carbons (Fsp3) is 0.923. The Morgan fingerprint density at radius 2 is 0.871 bits per heavy atom. The number of ether oxygens (including phenoxy) is 2. The van der Waals surface area contributed by atoms with Crippen LogP contribution in [-0.4, -0.2) is 31.0 Å². The first-order valence-electron chi connectivity index (χ1n) is 13.1. The molecule has 0 aliphatic rings. The second-order valence-electron chi connectivity index (χ2n) is 8.64. The highest BCUT2D eigenvalue weighted by molar-refractivity contribution is 6.17. The van der Waals surface area contributed by atoms with Gasteiger partial charge in [0, 0.05) is 18.7 Å². The van der Waals surface area contributed by atoms with E-state index in [0.717, 1.165) is 38.0 Å². The Morgan fingerprint density at radius 3 is 1.26 bits per heavy atom. The summed E-state index contributed by atoms with van der Waals surface area (Å²) in [4.78, 5) is 23.4. The molecule has 0 radical (unpaired) electrons. The zero-order chi connectivity index (χ0) is 22.8. The van der Waals surface area contributed by atoms with Gasteiger partial charge in [-0.2, -0.15) is 0 Å². The lowest BCUT2D eigenvalue weighted by Gasteiger charge is -2.06. The highest BCUT2D eigenvalue weighted by atomic mass is 35.5. The van der Waals surface area contributed by atoms with Gasteiger partial charge in [-0.05, 0) is 25.7 Å². The van der Waals surface area contributed by atoms with Crippen molar-refractivity contribution in [2.45, 2.75) is 135 Å². The minimum absolute atomic E-state index is 0.197. The van der Waals surface area contributed by atoms with Crippen LogP contribution < -0.4 is 0 Å². The third-order valence-electron chi connectivity index (χ3n) is 5.56. The van der Waals surface area contributed by atoms with Gasteiger partial charge in [0.05, 0.1) is 13.2 Å². The molecule has 0 N–H and O–H groups in total. The molecule has 0 aromatic rings. The van der Waals surface area contributed by atoms with Crippen LogP contribution in [-0.2, 0) is 19.1 Å². The molecule has 4 nitrogen and oxygen atoms in total. The second-order valence-corrected chi connectivity index (χ2v) is 9.02. The van der Waals surface area contributed by atoms with Crippen molar-refractivity contribution in [3.63, 3.8) is 0 Å². The first kappa shape index (κ1) is 30.2. The highest BCUT2D eigenvalue weighted by Crippen LogP contribution is 2.11. The van der Waals surface area contributed by atoms with E-state index in [-0.39, 0.29) is 11.9 Å². The molecule has 0 amide bonds. The lowest BCUT2D eigenvalue weighted by atomic mass is 10.1. The van der Waals surface area contributed by atoms with E-state index in [1.165, 1.54) is 77.0 Å². The molecule has 0 unspecified atom stereocenters. The van der Waals surface area contributed by atoms with Crippen LogP contribution >= 0.6 is 11.6 Å². The van der Waals surface area contributed by atoms with Gasteiger partial charge in [-0.1, -0.05) is 96.8 Å². The molecule has 0 aromatic heterocycles. The molecule has 0 fully saturated rings. The van der Waals surface area contributed by atoms with Gasteiger partial charge >= 0.3 is 11.9 Å². The SMILES string of the molecule is CCCCCCCCCCCCCOC(=O)CCCC(=O)OCCCCCCCCCl. The Balaban J connectivity index is 3.29. The predicted molar refractivity (Wildman–Crippen MR) is 131 cm³/mol. The fourth-order valence-electron chi connectivity index (χ4n) is 3.56. The summed E-state index contributed by atoms with van der Waals surface area (Å²) in [5.41, 5.74) is 0. The predicted octanol–water partition coefficient (Wildman–Crippen LogP) is 8.13. The molecular weight excluding hydrogens is 412 g/mol. The molecule has 0 aliphatic carbocycles. The normalized spacial score (nSPS) is 10.9. The summed E-state index contributed by atoms with van der Waals surface area (Å²) in [6, 6.07) is 0. The number of carbonyl (C=O) groups is 2. The number of esters is 2. The summed E-state index contributed by atoms with van der Waals surface area (Å²) < 4.78 is 10.5. The smallest absolute Gasteiger partial charge is 0.305 e. The van der Waals surface area contributed by atoms with Gasteiger partial charge in [0.1, 0.15) is 0 Å². The average Bonchev–Trinajstić information content (AvgIpc) is 2.76. The maximum absolute atomic E-state index is 11.7. The van der Waals surface area contributed by atoms with E-state index in [4.69, 9.17) is 21.1 Å². The van der Waals surface area contributed by atoms with Gasteiger partial charge in [0.15, 0.2) is 0 Å². The molecule has 0 rings (SSSR count). The summed E-state index contributed by atoms with van der Waals surface area (Å²) >= 11 is 5.64. The summed E-state index contributed by atoms with van der Waals surface area (Å²) in [5, 5.41) is 0. The fourth-order valence-corrected chi connectivity index (χ4v) is 3.75. The Hall–Kier alpha value is -0.770. The Bertz CT molecular complexity index is 401. The van der Waals surface area contributed by atoms with Crippen LogP contribution in [0.5, 0.6) is 0 Å². The molecule has 0 heterocycles. The van der Waals surface area contributed by atoms with E-state index < -0.39 is 0 Å². The van der Waals surface area contributed by atoms with E-state index in [0.29, 0.717) is 32.5 Å². The highest BCUT2D eigenvalue weighted by Gasteiger charge is 2.07. The third kappa shape index (κ3) is 25.4. The van der Waals surface area contributed by atoms with Gasteiger partial charge in [-0.3, -0.25) is 9.59 Å². The monoisotopic (exact) mass is 460 g/mol. The quantitative estimate of drug-likeness (QED) is 0.0828. The van der Waals surface area contributed by atoms with Gasteiger partial charge in [-0.25, -0.2) is 0 Å². The van der Waals surface area contributed by atoms with Gasteiger partial charge in [0.2, 0.25) is 0 Å². The molecule has 0 saturated carbocycles. The van der Waals surface area contributed by atoms with Crippen LogP contribution in [0.25, 0.3) is 0 Å². The average molecular weight is 461 g/mol. The Labute approximate surface area is 197 Å². The Morgan fingerprint density at radius 1 is 0.516 bits per heavy atom. The first-order chi connectivity index (χ1) is 15.2. The number of halogens is 1. The first-order valence-corrected chi connectivity index (χ1v) is 13.6. The van der Waals surface area contributed by atoms with Gasteiger partial charge < -0.3 is 9.47 Å². The topological polar surface area (TPSA) is 52.6 Å². The van der Waals surface area contributed by atoms with Crippen LogP contribution in [0.3, 0.4) is 0 Å². The zero-order valence-electron chi connectivity index (χ0n) is 20.3. The van der Waals surface area contributed by atoms with Gasteiger partial charge in [0.25, 0.3) is 0 Å². The van der Waals surface area contributed by atoms with Crippen molar-refractivity contribution in [2.75, 3.05) is 19.1 Å². The van der Waals surface area contributed by atoms with Crippen LogP contribution in [0.4, 0.5) is 0 Å². The molecule has 0 aromatic carbocycles. The standard InChI is InChI=1S/C26H49ClO4/c1-2-3-4-5-6-7-8-9-11-14-17-23-30-25(28)20-19-21-26(29)31-24-18-15-12-10-13-16-22-27/h2-24H2,1H3. The summed E-state index contributed by atoms with van der Waals surface area (Å²) in [6.45, 7) is 3.24. The molecule has 0 atom stereocenters. The van der Waals surface area contributed by atoms with Crippen LogP contribution in [0, 0.1) is 0 Å². The zero-order valence-corrected chi connectivity index (χ0v) is 21.0. The molecule has 5 heteroatoms. The summed E-state index contributed by atoms with van der Waals surface area (Å²) in [5.74, 6) is 0.335. The molecule has 0 spiro atoms. The van der Waals surface area contributed by atoms with Crippen LogP contribution in [0.2, 0.25) is 0 Å². The van der Waals surface area contributed by atoms with E-state index in [1.807, 2.05) is 0 Å². The van der Waals surface area contributed by atoms with E-state index in [9.17, 15) is 9.59 Å². The minimum atomic E-state index is -0.208. The Kier molecular flexibility index (Phi) is 24.9. The molecule has 0 saturated heterocycles. The van der Waals surface area contributed by atoms with Crippen molar-refractivity contribution < 1.29 is 19.1 Å². The number of hydrogen-bond acceptors (Lipinski definition) is 4. The summed E-state index contributed by atoms with van der Waals surface area (Å²) in [7, 11) is 0. The number of carbonyl (C=O) groups excluding carboxylic acids is 2. The number of unbranched alkanes of at least 4 members (excludes halogenated alkanes) is 15.